The van der Waals surface area contributed by atoms with E-state index in [1.54, 1.807) is 29.2 Å². The summed E-state index contributed by atoms with van der Waals surface area (Å²) in [5, 5.41) is 0. The smallest absolute Gasteiger partial charge is 0.254 e. The minimum absolute atomic E-state index is 0.0668. The number of benzene rings is 2. The lowest BCUT2D eigenvalue weighted by atomic mass is 10.1. The second-order valence-electron chi connectivity index (χ2n) is 6.64. The molecule has 0 aliphatic rings. The van der Waals surface area contributed by atoms with E-state index in [-0.39, 0.29) is 17.3 Å². The number of carbonyl (C=O) groups is 1. The number of furan rings is 1. The zero-order valence-corrected chi connectivity index (χ0v) is 17.1. The molecule has 7 heteroatoms. The Bertz CT molecular complexity index is 1010. The van der Waals surface area contributed by atoms with Crippen LogP contribution in [0.15, 0.2) is 82.3 Å². The molecule has 0 saturated carbocycles. The van der Waals surface area contributed by atoms with Crippen molar-refractivity contribution in [3.8, 4) is 0 Å². The monoisotopic (exact) mass is 412 g/mol. The molecule has 0 aliphatic carbocycles. The predicted molar refractivity (Wildman–Crippen MR) is 111 cm³/mol. The third kappa shape index (κ3) is 5.56. The molecule has 0 unspecified atom stereocenters. The number of hydrogen-bond acceptors (Lipinski definition) is 4. The summed E-state index contributed by atoms with van der Waals surface area (Å²) >= 11 is 0. The van der Waals surface area contributed by atoms with Crippen LogP contribution in [0, 0.1) is 0 Å². The van der Waals surface area contributed by atoms with Crippen molar-refractivity contribution in [2.24, 2.45) is 0 Å². The molecular weight excluding hydrogens is 388 g/mol. The van der Waals surface area contributed by atoms with Crippen LogP contribution < -0.4 is 4.72 Å². The van der Waals surface area contributed by atoms with E-state index in [2.05, 4.69) is 4.72 Å². The molecule has 0 saturated heterocycles. The Morgan fingerprint density at radius 3 is 2.34 bits per heavy atom. The molecule has 0 aliphatic heterocycles. The Labute approximate surface area is 171 Å². The minimum Gasteiger partial charge on any atom is -0.468 e. The topological polar surface area (TPSA) is 79.6 Å². The Morgan fingerprint density at radius 1 is 1.00 bits per heavy atom. The van der Waals surface area contributed by atoms with Crippen molar-refractivity contribution in [1.82, 2.24) is 9.62 Å². The summed E-state index contributed by atoms with van der Waals surface area (Å²) in [6.45, 7) is 3.22. The van der Waals surface area contributed by atoms with E-state index in [1.807, 2.05) is 37.3 Å². The summed E-state index contributed by atoms with van der Waals surface area (Å²) in [5.41, 5.74) is 1.51. The van der Waals surface area contributed by atoms with Crippen LogP contribution in [-0.4, -0.2) is 25.8 Å². The summed E-state index contributed by atoms with van der Waals surface area (Å²) < 4.78 is 32.5. The van der Waals surface area contributed by atoms with Crippen LogP contribution in [0.3, 0.4) is 0 Å². The Kier molecular flexibility index (Phi) is 6.85. The van der Waals surface area contributed by atoms with Gasteiger partial charge in [0.25, 0.3) is 5.91 Å². The van der Waals surface area contributed by atoms with Crippen molar-refractivity contribution in [3.05, 3.63) is 89.9 Å². The van der Waals surface area contributed by atoms with Gasteiger partial charge in [-0.15, -0.1) is 0 Å². The lowest BCUT2D eigenvalue weighted by Gasteiger charge is -2.22. The van der Waals surface area contributed by atoms with E-state index in [0.717, 1.165) is 12.0 Å². The first-order valence-electron chi connectivity index (χ1n) is 9.45. The van der Waals surface area contributed by atoms with Crippen LogP contribution in [0.4, 0.5) is 0 Å². The molecule has 3 aromatic rings. The van der Waals surface area contributed by atoms with Crippen LogP contribution in [0.25, 0.3) is 0 Å². The van der Waals surface area contributed by atoms with Crippen LogP contribution in [0.2, 0.25) is 0 Å². The highest BCUT2D eigenvalue weighted by molar-refractivity contribution is 7.89. The molecule has 0 atom stereocenters. The third-order valence-corrected chi connectivity index (χ3v) is 5.84. The lowest BCUT2D eigenvalue weighted by Crippen LogP contribution is -2.31. The van der Waals surface area contributed by atoms with Gasteiger partial charge in [-0.3, -0.25) is 4.79 Å². The number of nitrogens with one attached hydrogen (secondary N) is 1. The second kappa shape index (κ2) is 9.54. The zero-order valence-electron chi connectivity index (χ0n) is 16.2. The van der Waals surface area contributed by atoms with Gasteiger partial charge in [-0.05, 0) is 48.4 Å². The zero-order chi connectivity index (χ0) is 20.7. The molecule has 29 heavy (non-hydrogen) atoms. The third-order valence-electron chi connectivity index (χ3n) is 4.43. The number of nitrogens with zero attached hydrogens (tertiary/aromatic N) is 1. The molecule has 1 amide bonds. The van der Waals surface area contributed by atoms with Gasteiger partial charge in [-0.25, -0.2) is 13.1 Å². The first-order chi connectivity index (χ1) is 14.0. The van der Waals surface area contributed by atoms with Crippen molar-refractivity contribution in [2.75, 3.05) is 6.54 Å². The molecule has 0 radical (unpaired) electrons. The summed E-state index contributed by atoms with van der Waals surface area (Å²) in [7, 11) is -3.69. The highest BCUT2D eigenvalue weighted by Gasteiger charge is 2.18. The first-order valence-corrected chi connectivity index (χ1v) is 10.9. The predicted octanol–water partition coefficient (Wildman–Crippen LogP) is 3.81. The summed E-state index contributed by atoms with van der Waals surface area (Å²) in [5.74, 6) is 0.402. The Morgan fingerprint density at radius 2 is 1.72 bits per heavy atom. The van der Waals surface area contributed by atoms with Gasteiger partial charge >= 0.3 is 0 Å². The van der Waals surface area contributed by atoms with E-state index < -0.39 is 10.0 Å². The molecule has 0 spiro atoms. The fourth-order valence-electron chi connectivity index (χ4n) is 2.95. The highest BCUT2D eigenvalue weighted by atomic mass is 32.2. The molecule has 0 fully saturated rings. The fourth-order valence-corrected chi connectivity index (χ4v) is 3.94. The van der Waals surface area contributed by atoms with E-state index in [0.29, 0.717) is 24.4 Å². The first kappa shape index (κ1) is 20.8. The molecule has 3 rings (SSSR count). The van der Waals surface area contributed by atoms with Crippen molar-refractivity contribution < 1.29 is 17.6 Å². The van der Waals surface area contributed by atoms with Crippen LogP contribution >= 0.6 is 0 Å². The molecule has 1 N–H and O–H groups in total. The van der Waals surface area contributed by atoms with E-state index >= 15 is 0 Å². The summed E-state index contributed by atoms with van der Waals surface area (Å²) in [6.07, 6.45) is 2.32. The maximum atomic E-state index is 12.9. The van der Waals surface area contributed by atoms with Crippen LogP contribution in [0.1, 0.15) is 35.0 Å². The van der Waals surface area contributed by atoms with Gasteiger partial charge in [0.15, 0.2) is 0 Å². The number of sulfonamides is 1. The summed E-state index contributed by atoms with van der Waals surface area (Å²) in [4.78, 5) is 14.8. The molecule has 6 nitrogen and oxygen atoms in total. The lowest BCUT2D eigenvalue weighted by molar-refractivity contribution is 0.0743. The van der Waals surface area contributed by atoms with Crippen LogP contribution in [0.5, 0.6) is 0 Å². The average molecular weight is 413 g/mol. The molecule has 152 valence electrons. The normalized spacial score (nSPS) is 11.3. The molecular formula is C22H24N2O4S. The van der Waals surface area contributed by atoms with Gasteiger partial charge in [-0.1, -0.05) is 37.3 Å². The molecule has 1 aromatic heterocycles. The van der Waals surface area contributed by atoms with Crippen molar-refractivity contribution in [3.63, 3.8) is 0 Å². The fraction of sp³-hybridized carbons (Fsp3) is 0.227. The maximum Gasteiger partial charge on any atom is 0.254 e. The number of hydrogen-bond donors (Lipinski definition) is 1. The number of amides is 1. The quantitative estimate of drug-likeness (QED) is 0.580. The van der Waals surface area contributed by atoms with Gasteiger partial charge in [0.1, 0.15) is 5.76 Å². The molecule has 1 heterocycles. The minimum atomic E-state index is -3.69. The summed E-state index contributed by atoms with van der Waals surface area (Å²) in [6, 6.07) is 19.2. The van der Waals surface area contributed by atoms with Gasteiger partial charge in [0.05, 0.1) is 17.7 Å². The van der Waals surface area contributed by atoms with Crippen LogP contribution in [-0.2, 0) is 23.1 Å². The average Bonchev–Trinajstić information content (AvgIpc) is 3.26. The molecule has 2 aromatic carbocycles. The van der Waals surface area contributed by atoms with E-state index in [1.165, 1.54) is 18.4 Å². The van der Waals surface area contributed by atoms with Crippen molar-refractivity contribution >= 4 is 15.9 Å². The van der Waals surface area contributed by atoms with Gasteiger partial charge in [0, 0.05) is 18.7 Å². The van der Waals surface area contributed by atoms with Gasteiger partial charge in [-0.2, -0.15) is 0 Å². The van der Waals surface area contributed by atoms with Crippen molar-refractivity contribution in [1.29, 1.82) is 0 Å². The SMILES string of the molecule is CCCN(Cc1ccccc1)C(=O)c1ccc(S(=O)(=O)NCc2ccco2)cc1. The van der Waals surface area contributed by atoms with Gasteiger partial charge in [0.2, 0.25) is 10.0 Å². The second-order valence-corrected chi connectivity index (χ2v) is 8.41. The number of rotatable bonds is 9. The Hall–Kier alpha value is -2.90. The number of carbonyl (C=O) groups excluding carboxylic acids is 1. The highest BCUT2D eigenvalue weighted by Crippen LogP contribution is 2.15. The maximum absolute atomic E-state index is 12.9. The van der Waals surface area contributed by atoms with E-state index in [4.69, 9.17) is 4.42 Å². The largest absolute Gasteiger partial charge is 0.468 e. The van der Waals surface area contributed by atoms with Gasteiger partial charge < -0.3 is 9.32 Å². The Balaban J connectivity index is 1.70. The standard InChI is InChI=1S/C22H24N2O4S/c1-2-14-24(17-18-7-4-3-5-8-18)22(25)19-10-12-21(13-11-19)29(26,27)23-16-20-9-6-15-28-20/h3-13,15,23H,2,14,16-17H2,1H3. The molecule has 0 bridgehead atoms. The van der Waals surface area contributed by atoms with Crippen molar-refractivity contribution in [2.45, 2.75) is 31.3 Å². The van der Waals surface area contributed by atoms with E-state index in [9.17, 15) is 13.2 Å².